The SMILES string of the molecule is CN(CCc1ccc(F)cc1)CC1CCCNC1. The van der Waals surface area contributed by atoms with Crippen molar-refractivity contribution in [2.75, 3.05) is 33.2 Å². The molecule has 0 aromatic heterocycles. The van der Waals surface area contributed by atoms with Crippen LogP contribution in [0.1, 0.15) is 18.4 Å². The molecule has 1 unspecified atom stereocenters. The van der Waals surface area contributed by atoms with Gasteiger partial charge in [0, 0.05) is 13.1 Å². The first-order valence-electron chi connectivity index (χ1n) is 6.88. The summed E-state index contributed by atoms with van der Waals surface area (Å²) in [5.74, 6) is 0.636. The Bertz CT molecular complexity index is 344. The van der Waals surface area contributed by atoms with Crippen LogP contribution in [0.2, 0.25) is 0 Å². The summed E-state index contributed by atoms with van der Waals surface area (Å²) in [6.45, 7) is 4.53. The van der Waals surface area contributed by atoms with E-state index >= 15 is 0 Å². The van der Waals surface area contributed by atoms with Gasteiger partial charge in [-0.25, -0.2) is 4.39 Å². The predicted octanol–water partition coefficient (Wildman–Crippen LogP) is 2.30. The molecule has 2 nitrogen and oxygen atoms in total. The van der Waals surface area contributed by atoms with Gasteiger partial charge >= 0.3 is 0 Å². The zero-order valence-corrected chi connectivity index (χ0v) is 11.2. The van der Waals surface area contributed by atoms with Gasteiger partial charge in [-0.3, -0.25) is 0 Å². The molecular weight excluding hydrogens is 227 g/mol. The molecule has 1 atom stereocenters. The number of likely N-dealkylation sites (N-methyl/N-ethyl adjacent to an activating group) is 1. The van der Waals surface area contributed by atoms with Crippen LogP contribution in [0.3, 0.4) is 0 Å². The highest BCUT2D eigenvalue weighted by Crippen LogP contribution is 2.11. The highest BCUT2D eigenvalue weighted by molar-refractivity contribution is 5.16. The third-order valence-corrected chi connectivity index (χ3v) is 3.66. The number of rotatable bonds is 5. The summed E-state index contributed by atoms with van der Waals surface area (Å²) in [7, 11) is 2.18. The Kier molecular flexibility index (Phi) is 5.14. The smallest absolute Gasteiger partial charge is 0.123 e. The molecule has 0 spiro atoms. The van der Waals surface area contributed by atoms with Crippen LogP contribution in [0.5, 0.6) is 0 Å². The largest absolute Gasteiger partial charge is 0.316 e. The highest BCUT2D eigenvalue weighted by Gasteiger charge is 2.14. The van der Waals surface area contributed by atoms with Crippen LogP contribution in [0.4, 0.5) is 4.39 Å². The maximum absolute atomic E-state index is 12.8. The number of hydrogen-bond acceptors (Lipinski definition) is 2. The Morgan fingerprint density at radius 1 is 1.33 bits per heavy atom. The summed E-state index contributed by atoms with van der Waals surface area (Å²) in [6, 6.07) is 6.84. The second-order valence-electron chi connectivity index (χ2n) is 5.35. The van der Waals surface area contributed by atoms with Crippen molar-refractivity contribution in [3.63, 3.8) is 0 Å². The van der Waals surface area contributed by atoms with Crippen LogP contribution in [-0.4, -0.2) is 38.1 Å². The molecule has 0 amide bonds. The monoisotopic (exact) mass is 250 g/mol. The van der Waals surface area contributed by atoms with Crippen molar-refractivity contribution in [1.29, 1.82) is 0 Å². The van der Waals surface area contributed by atoms with E-state index in [1.54, 1.807) is 12.1 Å². The van der Waals surface area contributed by atoms with Crippen LogP contribution >= 0.6 is 0 Å². The first-order valence-corrected chi connectivity index (χ1v) is 6.88. The molecule has 18 heavy (non-hydrogen) atoms. The third-order valence-electron chi connectivity index (χ3n) is 3.66. The summed E-state index contributed by atoms with van der Waals surface area (Å²) in [4.78, 5) is 2.39. The first-order chi connectivity index (χ1) is 8.74. The highest BCUT2D eigenvalue weighted by atomic mass is 19.1. The summed E-state index contributed by atoms with van der Waals surface area (Å²) in [6.07, 6.45) is 3.64. The molecule has 100 valence electrons. The van der Waals surface area contributed by atoms with Crippen molar-refractivity contribution in [2.24, 2.45) is 5.92 Å². The van der Waals surface area contributed by atoms with Crippen LogP contribution in [-0.2, 0) is 6.42 Å². The van der Waals surface area contributed by atoms with Crippen LogP contribution in [0.25, 0.3) is 0 Å². The van der Waals surface area contributed by atoms with E-state index < -0.39 is 0 Å². The van der Waals surface area contributed by atoms with Gasteiger partial charge in [0.1, 0.15) is 5.82 Å². The fraction of sp³-hybridized carbons (Fsp3) is 0.600. The molecule has 1 fully saturated rings. The van der Waals surface area contributed by atoms with Gasteiger partial charge in [0.05, 0.1) is 0 Å². The lowest BCUT2D eigenvalue weighted by atomic mass is 9.99. The molecule has 1 saturated heterocycles. The lowest BCUT2D eigenvalue weighted by Crippen LogP contribution is -2.37. The van der Waals surface area contributed by atoms with Gasteiger partial charge in [-0.1, -0.05) is 12.1 Å². The summed E-state index contributed by atoms with van der Waals surface area (Å²) in [5.41, 5.74) is 1.21. The molecule has 1 heterocycles. The van der Waals surface area contributed by atoms with Gasteiger partial charge in [0.15, 0.2) is 0 Å². The van der Waals surface area contributed by atoms with Gasteiger partial charge in [-0.15, -0.1) is 0 Å². The molecule has 1 N–H and O–H groups in total. The standard InChI is InChI=1S/C15H23FN2/c1-18(12-14-3-2-9-17-11-14)10-8-13-4-6-15(16)7-5-13/h4-7,14,17H,2-3,8-12H2,1H3. The topological polar surface area (TPSA) is 15.3 Å². The Hall–Kier alpha value is -0.930. The van der Waals surface area contributed by atoms with Gasteiger partial charge in [-0.05, 0) is 63.0 Å². The van der Waals surface area contributed by atoms with E-state index in [4.69, 9.17) is 0 Å². The first kappa shape index (κ1) is 13.5. The average molecular weight is 250 g/mol. The van der Waals surface area contributed by atoms with Gasteiger partial charge in [-0.2, -0.15) is 0 Å². The van der Waals surface area contributed by atoms with E-state index in [1.165, 1.54) is 24.9 Å². The van der Waals surface area contributed by atoms with Crippen molar-refractivity contribution in [1.82, 2.24) is 10.2 Å². The minimum Gasteiger partial charge on any atom is -0.316 e. The van der Waals surface area contributed by atoms with Gasteiger partial charge in [0.25, 0.3) is 0 Å². The molecule has 1 aromatic carbocycles. The van der Waals surface area contributed by atoms with Gasteiger partial charge in [0.2, 0.25) is 0 Å². The lowest BCUT2D eigenvalue weighted by molar-refractivity contribution is 0.245. The van der Waals surface area contributed by atoms with E-state index in [0.717, 1.165) is 32.0 Å². The number of benzene rings is 1. The summed E-state index contributed by atoms with van der Waals surface area (Å²) in [5, 5.41) is 3.45. The van der Waals surface area contributed by atoms with Crippen LogP contribution in [0, 0.1) is 11.7 Å². The predicted molar refractivity (Wildman–Crippen MR) is 73.2 cm³/mol. The van der Waals surface area contributed by atoms with Crippen molar-refractivity contribution in [3.8, 4) is 0 Å². The van der Waals surface area contributed by atoms with E-state index in [0.29, 0.717) is 0 Å². The zero-order chi connectivity index (χ0) is 12.8. The maximum atomic E-state index is 12.8. The number of hydrogen-bond donors (Lipinski definition) is 1. The van der Waals surface area contributed by atoms with E-state index in [2.05, 4.69) is 17.3 Å². The van der Waals surface area contributed by atoms with E-state index in [1.807, 2.05) is 12.1 Å². The Labute approximate surface area is 109 Å². The van der Waals surface area contributed by atoms with Crippen LogP contribution < -0.4 is 5.32 Å². The molecule has 1 aliphatic rings. The van der Waals surface area contributed by atoms with Crippen molar-refractivity contribution in [3.05, 3.63) is 35.6 Å². The number of nitrogens with one attached hydrogen (secondary N) is 1. The minimum atomic E-state index is -0.152. The number of nitrogens with zero attached hydrogens (tertiary/aromatic N) is 1. The van der Waals surface area contributed by atoms with Crippen molar-refractivity contribution < 1.29 is 4.39 Å². The summed E-state index contributed by atoms with van der Waals surface area (Å²) < 4.78 is 12.8. The molecule has 2 rings (SSSR count). The molecule has 0 saturated carbocycles. The molecule has 1 aliphatic heterocycles. The molecular formula is C15H23FN2. The molecule has 1 aromatic rings. The fourth-order valence-electron chi connectivity index (χ4n) is 2.58. The third kappa shape index (κ3) is 4.39. The Morgan fingerprint density at radius 3 is 2.78 bits per heavy atom. The summed E-state index contributed by atoms with van der Waals surface area (Å²) >= 11 is 0. The van der Waals surface area contributed by atoms with E-state index in [-0.39, 0.29) is 5.82 Å². The zero-order valence-electron chi connectivity index (χ0n) is 11.2. The minimum absolute atomic E-state index is 0.152. The molecule has 0 aliphatic carbocycles. The molecule has 0 bridgehead atoms. The number of piperidine rings is 1. The maximum Gasteiger partial charge on any atom is 0.123 e. The van der Waals surface area contributed by atoms with E-state index in [9.17, 15) is 4.39 Å². The Morgan fingerprint density at radius 2 is 2.11 bits per heavy atom. The van der Waals surface area contributed by atoms with Crippen molar-refractivity contribution >= 4 is 0 Å². The van der Waals surface area contributed by atoms with Gasteiger partial charge < -0.3 is 10.2 Å². The van der Waals surface area contributed by atoms with Crippen molar-refractivity contribution in [2.45, 2.75) is 19.3 Å². The number of halogens is 1. The lowest BCUT2D eigenvalue weighted by Gasteiger charge is -2.27. The second kappa shape index (κ2) is 6.86. The van der Waals surface area contributed by atoms with Crippen LogP contribution in [0.15, 0.2) is 24.3 Å². The quantitative estimate of drug-likeness (QED) is 0.862. The second-order valence-corrected chi connectivity index (χ2v) is 5.35. The Balaban J connectivity index is 1.70. The fourth-order valence-corrected chi connectivity index (χ4v) is 2.58. The average Bonchev–Trinajstić information content (AvgIpc) is 2.39. The molecule has 0 radical (unpaired) electrons. The molecule has 3 heteroatoms. The normalized spacial score (nSPS) is 20.3.